The van der Waals surface area contributed by atoms with Crippen LogP contribution in [0.15, 0.2) is 138 Å². The second kappa shape index (κ2) is 15.9. The van der Waals surface area contributed by atoms with Crippen molar-refractivity contribution in [2.45, 2.75) is 43.0 Å². The normalized spacial score (nSPS) is 13.8. The molecule has 0 aliphatic heterocycles. The Morgan fingerprint density at radius 1 is 0.605 bits per heavy atom. The molecule has 0 fully saturated rings. The van der Waals surface area contributed by atoms with Gasteiger partial charge in [0.15, 0.2) is 0 Å². The smallest absolute Gasteiger partial charge is 0.116 e. The standard InChI is InChI=1S/C33H34O4S/c34-31(26-35-23-27-13-5-1-6-14-27)33(37-25-29-17-9-3-10-18-29)32(36-24-28-15-7-2-8-16-28)21-22-38-30-19-11-4-12-20-30/h1-22,31-34H,23-26H2/b22-21+/t31-,32-,33+/m1/s1. The second-order valence-corrected chi connectivity index (χ2v) is 9.83. The van der Waals surface area contributed by atoms with Crippen LogP contribution >= 0.6 is 11.8 Å². The van der Waals surface area contributed by atoms with Crippen molar-refractivity contribution in [1.29, 1.82) is 0 Å². The highest BCUT2D eigenvalue weighted by atomic mass is 32.2. The molecule has 0 saturated heterocycles. The van der Waals surface area contributed by atoms with Gasteiger partial charge < -0.3 is 19.3 Å². The maximum atomic E-state index is 11.3. The maximum absolute atomic E-state index is 11.3. The summed E-state index contributed by atoms with van der Waals surface area (Å²) in [6.07, 6.45) is -0.0567. The van der Waals surface area contributed by atoms with Crippen LogP contribution in [0.1, 0.15) is 16.7 Å². The van der Waals surface area contributed by atoms with Crippen LogP contribution in [0.25, 0.3) is 0 Å². The largest absolute Gasteiger partial charge is 0.388 e. The van der Waals surface area contributed by atoms with Gasteiger partial charge in [-0.2, -0.15) is 0 Å². The molecular weight excluding hydrogens is 492 g/mol. The molecule has 4 aromatic carbocycles. The van der Waals surface area contributed by atoms with Gasteiger partial charge >= 0.3 is 0 Å². The van der Waals surface area contributed by atoms with Gasteiger partial charge in [-0.15, -0.1) is 0 Å². The van der Waals surface area contributed by atoms with Crippen molar-refractivity contribution < 1.29 is 19.3 Å². The Balaban J connectivity index is 1.49. The molecule has 38 heavy (non-hydrogen) atoms. The average Bonchev–Trinajstić information content (AvgIpc) is 2.98. The summed E-state index contributed by atoms with van der Waals surface area (Å²) in [4.78, 5) is 1.12. The van der Waals surface area contributed by atoms with E-state index in [1.807, 2.05) is 121 Å². The summed E-state index contributed by atoms with van der Waals surface area (Å²) < 4.78 is 18.6. The molecule has 0 unspecified atom stereocenters. The number of aliphatic hydroxyl groups is 1. The van der Waals surface area contributed by atoms with Gasteiger partial charge in [-0.25, -0.2) is 0 Å². The Labute approximate surface area is 229 Å². The van der Waals surface area contributed by atoms with E-state index in [9.17, 15) is 5.11 Å². The van der Waals surface area contributed by atoms with Crippen molar-refractivity contribution in [2.75, 3.05) is 6.61 Å². The molecule has 1 N–H and O–H groups in total. The Morgan fingerprint density at radius 3 is 1.63 bits per heavy atom. The second-order valence-electron chi connectivity index (χ2n) is 8.85. The fourth-order valence-electron chi connectivity index (χ4n) is 3.88. The minimum Gasteiger partial charge on any atom is -0.388 e. The molecule has 0 saturated carbocycles. The lowest BCUT2D eigenvalue weighted by atomic mass is 10.1. The number of aliphatic hydroxyl groups excluding tert-OH is 1. The zero-order valence-corrected chi connectivity index (χ0v) is 22.2. The highest BCUT2D eigenvalue weighted by molar-refractivity contribution is 8.02. The van der Waals surface area contributed by atoms with Crippen LogP contribution in [0.4, 0.5) is 0 Å². The van der Waals surface area contributed by atoms with E-state index in [-0.39, 0.29) is 6.61 Å². The Hall–Kier alpha value is -3.19. The molecule has 0 heterocycles. The first-order chi connectivity index (χ1) is 18.8. The number of thioether (sulfide) groups is 1. The molecule has 0 aliphatic carbocycles. The van der Waals surface area contributed by atoms with Crippen molar-refractivity contribution in [3.8, 4) is 0 Å². The van der Waals surface area contributed by atoms with Crippen LogP contribution in [0, 0.1) is 0 Å². The molecule has 4 nitrogen and oxygen atoms in total. The predicted molar refractivity (Wildman–Crippen MR) is 154 cm³/mol. The monoisotopic (exact) mass is 526 g/mol. The number of hydrogen-bond acceptors (Lipinski definition) is 5. The molecule has 4 aromatic rings. The van der Waals surface area contributed by atoms with E-state index in [1.165, 1.54) is 0 Å². The van der Waals surface area contributed by atoms with Gasteiger partial charge in [0.1, 0.15) is 18.3 Å². The lowest BCUT2D eigenvalue weighted by molar-refractivity contribution is -0.133. The molecule has 5 heteroatoms. The van der Waals surface area contributed by atoms with E-state index < -0.39 is 18.3 Å². The summed E-state index contributed by atoms with van der Waals surface area (Å²) in [6.45, 7) is 1.29. The topological polar surface area (TPSA) is 47.9 Å². The third-order valence-electron chi connectivity index (χ3n) is 5.89. The van der Waals surface area contributed by atoms with E-state index in [1.54, 1.807) is 11.8 Å². The number of benzene rings is 4. The van der Waals surface area contributed by atoms with Crippen LogP contribution in [-0.2, 0) is 34.0 Å². The third kappa shape index (κ3) is 9.60. The summed E-state index contributed by atoms with van der Waals surface area (Å²) in [7, 11) is 0. The van der Waals surface area contributed by atoms with Gasteiger partial charge in [-0.1, -0.05) is 121 Å². The van der Waals surface area contributed by atoms with Gasteiger partial charge in [-0.3, -0.25) is 0 Å². The summed E-state index contributed by atoms with van der Waals surface area (Å²) in [5.41, 5.74) is 3.13. The first-order valence-electron chi connectivity index (χ1n) is 12.8. The van der Waals surface area contributed by atoms with Crippen molar-refractivity contribution in [3.63, 3.8) is 0 Å². The molecule has 0 aliphatic rings. The van der Waals surface area contributed by atoms with Crippen LogP contribution in [0.3, 0.4) is 0 Å². The SMILES string of the molecule is O[C@H](COCc1ccccc1)[C@H](OCc1ccccc1)[C@@H](/C=C/Sc1ccccc1)OCc1ccccc1. The minimum atomic E-state index is -0.894. The van der Waals surface area contributed by atoms with Gasteiger partial charge in [-0.05, 0) is 40.3 Å². The van der Waals surface area contributed by atoms with Crippen LogP contribution in [-0.4, -0.2) is 30.0 Å². The summed E-state index contributed by atoms with van der Waals surface area (Å²) in [5, 5.41) is 13.3. The van der Waals surface area contributed by atoms with E-state index in [4.69, 9.17) is 14.2 Å². The van der Waals surface area contributed by atoms with Crippen molar-refractivity contribution in [3.05, 3.63) is 150 Å². The molecule has 4 rings (SSSR count). The van der Waals surface area contributed by atoms with E-state index >= 15 is 0 Å². The summed E-state index contributed by atoms with van der Waals surface area (Å²) in [5.74, 6) is 0. The molecular formula is C33H34O4S. The first kappa shape index (κ1) is 27.8. The lowest BCUT2D eigenvalue weighted by Crippen LogP contribution is -2.42. The number of rotatable bonds is 15. The van der Waals surface area contributed by atoms with Crippen molar-refractivity contribution in [2.24, 2.45) is 0 Å². The fraction of sp³-hybridized carbons (Fsp3) is 0.212. The Morgan fingerprint density at radius 2 is 1.08 bits per heavy atom. The number of ether oxygens (including phenoxy) is 3. The first-order valence-corrected chi connectivity index (χ1v) is 13.6. The highest BCUT2D eigenvalue weighted by Crippen LogP contribution is 2.22. The minimum absolute atomic E-state index is 0.124. The average molecular weight is 527 g/mol. The van der Waals surface area contributed by atoms with Gasteiger partial charge in [0, 0.05) is 4.90 Å². The Bertz CT molecular complexity index is 1190. The lowest BCUT2D eigenvalue weighted by Gasteiger charge is -2.29. The van der Waals surface area contributed by atoms with E-state index in [0.29, 0.717) is 19.8 Å². The van der Waals surface area contributed by atoms with Crippen molar-refractivity contribution in [1.82, 2.24) is 0 Å². The van der Waals surface area contributed by atoms with Crippen molar-refractivity contribution >= 4 is 11.8 Å². The van der Waals surface area contributed by atoms with E-state index in [2.05, 4.69) is 12.1 Å². The molecule has 0 aromatic heterocycles. The molecule has 0 spiro atoms. The van der Waals surface area contributed by atoms with Gasteiger partial charge in [0.25, 0.3) is 0 Å². The molecule has 3 atom stereocenters. The third-order valence-corrected chi connectivity index (χ3v) is 6.73. The van der Waals surface area contributed by atoms with E-state index in [0.717, 1.165) is 21.6 Å². The summed E-state index contributed by atoms with van der Waals surface area (Å²) >= 11 is 1.60. The van der Waals surface area contributed by atoms with Gasteiger partial charge in [0.05, 0.1) is 26.4 Å². The molecule has 0 bridgehead atoms. The molecule has 196 valence electrons. The summed E-state index contributed by atoms with van der Waals surface area (Å²) in [6, 6.07) is 40.0. The molecule has 0 amide bonds. The van der Waals surface area contributed by atoms with Crippen LogP contribution in [0.5, 0.6) is 0 Å². The van der Waals surface area contributed by atoms with Crippen LogP contribution < -0.4 is 0 Å². The predicted octanol–water partition coefficient (Wildman–Crippen LogP) is 7.04. The zero-order valence-electron chi connectivity index (χ0n) is 21.3. The molecule has 0 radical (unpaired) electrons. The maximum Gasteiger partial charge on any atom is 0.116 e. The zero-order chi connectivity index (χ0) is 26.3. The van der Waals surface area contributed by atoms with Crippen LogP contribution in [0.2, 0.25) is 0 Å². The fourth-order valence-corrected chi connectivity index (χ4v) is 4.58. The van der Waals surface area contributed by atoms with Gasteiger partial charge in [0.2, 0.25) is 0 Å². The highest BCUT2D eigenvalue weighted by Gasteiger charge is 2.29. The Kier molecular flexibility index (Phi) is 11.7. The quantitative estimate of drug-likeness (QED) is 0.168. The number of hydrogen-bond donors (Lipinski definition) is 1.